The van der Waals surface area contributed by atoms with Crippen LogP contribution in [0.1, 0.15) is 44.6 Å². The number of rotatable bonds is 9. The van der Waals surface area contributed by atoms with Crippen LogP contribution in [0.25, 0.3) is 0 Å². The summed E-state index contributed by atoms with van der Waals surface area (Å²) in [7, 11) is 0. The van der Waals surface area contributed by atoms with Crippen molar-refractivity contribution >= 4 is 23.4 Å². The molecule has 0 bridgehead atoms. The van der Waals surface area contributed by atoms with Crippen LogP contribution in [-0.2, 0) is 16.1 Å². The van der Waals surface area contributed by atoms with Crippen LogP contribution in [-0.4, -0.2) is 24.3 Å². The van der Waals surface area contributed by atoms with E-state index in [1.807, 2.05) is 51.1 Å². The Morgan fingerprint density at radius 2 is 1.51 bits per heavy atom. The molecule has 0 aliphatic heterocycles. The largest absolute Gasteiger partial charge is 0.467 e. The molecule has 0 unspecified atom stereocenters. The minimum atomic E-state index is -0.996. The molecule has 0 radical (unpaired) electrons. The van der Waals surface area contributed by atoms with Gasteiger partial charge < -0.3 is 19.5 Å². The Hall–Kier alpha value is -4.59. The molecule has 2 aromatic carbocycles. The average Bonchev–Trinajstić information content (AvgIpc) is 3.60. The smallest absolute Gasteiger partial charge is 0.287 e. The number of benzene rings is 2. The summed E-state index contributed by atoms with van der Waals surface area (Å²) in [6, 6.07) is 18.6. The van der Waals surface area contributed by atoms with Crippen molar-refractivity contribution in [3.05, 3.63) is 113 Å². The molecule has 1 atom stereocenters. The van der Waals surface area contributed by atoms with Crippen LogP contribution in [0.5, 0.6) is 0 Å². The van der Waals surface area contributed by atoms with Gasteiger partial charge >= 0.3 is 0 Å². The van der Waals surface area contributed by atoms with Crippen LogP contribution in [0.15, 0.2) is 88.1 Å². The third-order valence-corrected chi connectivity index (χ3v) is 5.93. The van der Waals surface area contributed by atoms with E-state index >= 15 is 0 Å². The van der Waals surface area contributed by atoms with Gasteiger partial charge in [0, 0.05) is 0 Å². The van der Waals surface area contributed by atoms with E-state index in [2.05, 4.69) is 10.6 Å². The number of aryl methyl sites for hydroxylation is 3. The molecule has 0 aliphatic carbocycles. The van der Waals surface area contributed by atoms with Gasteiger partial charge in [-0.3, -0.25) is 19.3 Å². The Morgan fingerprint density at radius 1 is 0.838 bits per heavy atom. The third kappa shape index (κ3) is 5.98. The highest BCUT2D eigenvalue weighted by Crippen LogP contribution is 2.34. The first kappa shape index (κ1) is 25.5. The molecule has 8 heteroatoms. The number of furan rings is 2. The maximum absolute atomic E-state index is 13.8. The van der Waals surface area contributed by atoms with Crippen LogP contribution in [0, 0.1) is 20.8 Å². The van der Waals surface area contributed by atoms with E-state index in [9.17, 15) is 14.4 Å². The number of anilines is 1. The number of amides is 3. The first-order valence-electron chi connectivity index (χ1n) is 11.9. The van der Waals surface area contributed by atoms with Crippen LogP contribution in [0.4, 0.5) is 5.69 Å². The SMILES string of the molecule is Cc1cc(C)c(N(C(=O)CNC(=O)c2ccco2)[C@H](C(=O)NCc2ccco2)c2ccccc2)c(C)c1. The number of nitrogens with zero attached hydrogens (tertiary/aromatic N) is 1. The van der Waals surface area contributed by atoms with Crippen LogP contribution >= 0.6 is 0 Å². The van der Waals surface area contributed by atoms with Gasteiger partial charge in [0.2, 0.25) is 11.8 Å². The fourth-order valence-corrected chi connectivity index (χ4v) is 4.42. The molecule has 8 nitrogen and oxygen atoms in total. The predicted molar refractivity (Wildman–Crippen MR) is 139 cm³/mol. The Balaban J connectivity index is 1.73. The van der Waals surface area contributed by atoms with Gasteiger partial charge in [-0.15, -0.1) is 0 Å². The van der Waals surface area contributed by atoms with Gasteiger partial charge in [0.05, 0.1) is 31.3 Å². The summed E-state index contributed by atoms with van der Waals surface area (Å²) in [5.41, 5.74) is 3.95. The summed E-state index contributed by atoms with van der Waals surface area (Å²) < 4.78 is 10.5. The van der Waals surface area contributed by atoms with Crippen molar-refractivity contribution in [2.75, 3.05) is 11.4 Å². The zero-order chi connectivity index (χ0) is 26.4. The van der Waals surface area contributed by atoms with Crippen molar-refractivity contribution < 1.29 is 23.2 Å². The topological polar surface area (TPSA) is 105 Å². The molecule has 4 aromatic rings. The molecule has 0 saturated heterocycles. The highest BCUT2D eigenvalue weighted by atomic mass is 16.3. The lowest BCUT2D eigenvalue weighted by atomic mass is 9.98. The summed E-state index contributed by atoms with van der Waals surface area (Å²) in [5.74, 6) is -0.664. The number of carbonyl (C=O) groups is 3. The molecule has 2 heterocycles. The Bertz CT molecular complexity index is 1340. The molecule has 4 rings (SSSR count). The number of hydrogen-bond acceptors (Lipinski definition) is 5. The van der Waals surface area contributed by atoms with E-state index < -0.39 is 17.9 Å². The second-order valence-electron chi connectivity index (χ2n) is 8.78. The van der Waals surface area contributed by atoms with Gasteiger partial charge in [0.15, 0.2) is 5.76 Å². The van der Waals surface area contributed by atoms with Gasteiger partial charge in [-0.25, -0.2) is 0 Å². The molecule has 2 N–H and O–H groups in total. The van der Waals surface area contributed by atoms with Crippen molar-refractivity contribution in [3.63, 3.8) is 0 Å². The summed E-state index contributed by atoms with van der Waals surface area (Å²) in [4.78, 5) is 41.5. The zero-order valence-corrected chi connectivity index (χ0v) is 21.0. The fourth-order valence-electron chi connectivity index (χ4n) is 4.42. The second kappa shape index (κ2) is 11.4. The quantitative estimate of drug-likeness (QED) is 0.350. The first-order valence-corrected chi connectivity index (χ1v) is 11.9. The van der Waals surface area contributed by atoms with E-state index in [0.29, 0.717) is 17.0 Å². The summed E-state index contributed by atoms with van der Waals surface area (Å²) in [6.07, 6.45) is 2.92. The highest BCUT2D eigenvalue weighted by molar-refractivity contribution is 6.05. The summed E-state index contributed by atoms with van der Waals surface area (Å²) in [5, 5.41) is 5.51. The minimum absolute atomic E-state index is 0.0952. The summed E-state index contributed by atoms with van der Waals surface area (Å²) >= 11 is 0. The number of hydrogen-bond donors (Lipinski definition) is 2. The molecular formula is C29H29N3O5. The molecule has 2 aromatic heterocycles. The molecule has 37 heavy (non-hydrogen) atoms. The van der Waals surface area contributed by atoms with Gasteiger partial charge in [-0.05, 0) is 61.7 Å². The fraction of sp³-hybridized carbons (Fsp3) is 0.207. The van der Waals surface area contributed by atoms with Crippen LogP contribution < -0.4 is 15.5 Å². The lowest BCUT2D eigenvalue weighted by Crippen LogP contribution is -2.48. The molecule has 190 valence electrons. The normalized spacial score (nSPS) is 11.5. The van der Waals surface area contributed by atoms with Gasteiger partial charge in [-0.2, -0.15) is 0 Å². The van der Waals surface area contributed by atoms with E-state index in [1.165, 1.54) is 23.5 Å². The predicted octanol–water partition coefficient (Wildman–Crippen LogP) is 4.62. The van der Waals surface area contributed by atoms with E-state index in [0.717, 1.165) is 16.7 Å². The van der Waals surface area contributed by atoms with Crippen molar-refractivity contribution in [2.24, 2.45) is 0 Å². The second-order valence-corrected chi connectivity index (χ2v) is 8.78. The van der Waals surface area contributed by atoms with Crippen LogP contribution in [0.3, 0.4) is 0 Å². The Labute approximate surface area is 215 Å². The van der Waals surface area contributed by atoms with Crippen molar-refractivity contribution in [3.8, 4) is 0 Å². The molecule has 0 fully saturated rings. The molecule has 0 saturated carbocycles. The van der Waals surface area contributed by atoms with E-state index in [1.54, 1.807) is 30.3 Å². The Kier molecular flexibility index (Phi) is 7.88. The molecule has 0 aliphatic rings. The van der Waals surface area contributed by atoms with Gasteiger partial charge in [0.25, 0.3) is 5.91 Å². The maximum Gasteiger partial charge on any atom is 0.287 e. The first-order chi connectivity index (χ1) is 17.8. The minimum Gasteiger partial charge on any atom is -0.467 e. The van der Waals surface area contributed by atoms with Crippen molar-refractivity contribution in [2.45, 2.75) is 33.4 Å². The molecule has 3 amide bonds. The zero-order valence-electron chi connectivity index (χ0n) is 21.0. The van der Waals surface area contributed by atoms with Gasteiger partial charge in [-0.1, -0.05) is 48.0 Å². The monoisotopic (exact) mass is 499 g/mol. The number of carbonyl (C=O) groups excluding carboxylic acids is 3. The maximum atomic E-state index is 13.8. The number of nitrogens with one attached hydrogen (secondary N) is 2. The highest BCUT2D eigenvalue weighted by Gasteiger charge is 2.34. The lowest BCUT2D eigenvalue weighted by Gasteiger charge is -2.34. The van der Waals surface area contributed by atoms with E-state index in [-0.39, 0.29) is 24.8 Å². The Morgan fingerprint density at radius 3 is 2.14 bits per heavy atom. The summed E-state index contributed by atoms with van der Waals surface area (Å²) in [6.45, 7) is 5.61. The third-order valence-electron chi connectivity index (χ3n) is 5.93. The van der Waals surface area contributed by atoms with Gasteiger partial charge in [0.1, 0.15) is 11.8 Å². The lowest BCUT2D eigenvalue weighted by molar-refractivity contribution is -0.126. The van der Waals surface area contributed by atoms with Crippen molar-refractivity contribution in [1.82, 2.24) is 10.6 Å². The molecule has 0 spiro atoms. The van der Waals surface area contributed by atoms with Crippen LogP contribution in [0.2, 0.25) is 0 Å². The average molecular weight is 500 g/mol. The van der Waals surface area contributed by atoms with E-state index in [4.69, 9.17) is 8.83 Å². The standard InChI is InChI=1S/C29H29N3O5/c1-19-15-20(2)26(21(3)16-19)32(25(33)18-31-28(34)24-12-8-14-37-24)27(22-9-5-4-6-10-22)29(35)30-17-23-11-7-13-36-23/h4-16,27H,17-18H2,1-3H3,(H,30,35)(H,31,34)/t27-/m0/s1. The molecular weight excluding hydrogens is 470 g/mol. The van der Waals surface area contributed by atoms with Crippen molar-refractivity contribution in [1.29, 1.82) is 0 Å².